The summed E-state index contributed by atoms with van der Waals surface area (Å²) in [4.78, 5) is 35.4. The highest BCUT2D eigenvalue weighted by atomic mass is 16.5. The molecule has 82 valence electrons. The van der Waals surface area contributed by atoms with Gasteiger partial charge in [0.1, 0.15) is 5.52 Å². The van der Waals surface area contributed by atoms with Crippen LogP contribution in [0.3, 0.4) is 0 Å². The molecule has 0 unspecified atom stereocenters. The van der Waals surface area contributed by atoms with Gasteiger partial charge in [-0.1, -0.05) is 6.07 Å². The summed E-state index contributed by atoms with van der Waals surface area (Å²) in [6.45, 7) is 1.22. The summed E-state index contributed by atoms with van der Waals surface area (Å²) in [5, 5.41) is 0.151. The first kappa shape index (κ1) is 10.2. The highest BCUT2D eigenvalue weighted by Gasteiger charge is 2.09. The molecule has 0 bridgehead atoms. The van der Waals surface area contributed by atoms with Gasteiger partial charge in [0.05, 0.1) is 5.39 Å². The standard InChI is InChI=1S/C10H7NO5/c1-5(12)15-7-4-2-3-6-8(7)11-10(14)16-9(6)13/h2-4H,1H3,(H,11,14). The predicted molar refractivity (Wildman–Crippen MR) is 54.4 cm³/mol. The van der Waals surface area contributed by atoms with Crippen molar-refractivity contribution in [2.24, 2.45) is 0 Å². The fraction of sp³-hybridized carbons (Fsp3) is 0.100. The molecule has 6 nitrogen and oxygen atoms in total. The number of para-hydroxylation sites is 1. The van der Waals surface area contributed by atoms with Crippen molar-refractivity contribution in [1.29, 1.82) is 0 Å². The van der Waals surface area contributed by atoms with Gasteiger partial charge in [0.25, 0.3) is 0 Å². The highest BCUT2D eigenvalue weighted by molar-refractivity contribution is 5.85. The summed E-state index contributed by atoms with van der Waals surface area (Å²) in [5.41, 5.74) is -0.619. The lowest BCUT2D eigenvalue weighted by Crippen LogP contribution is -2.15. The Hall–Kier alpha value is -2.37. The molecule has 0 aliphatic rings. The summed E-state index contributed by atoms with van der Waals surface area (Å²) in [7, 11) is 0. The van der Waals surface area contributed by atoms with Crippen molar-refractivity contribution in [3.63, 3.8) is 0 Å². The van der Waals surface area contributed by atoms with Crippen LogP contribution in [0.1, 0.15) is 6.92 Å². The van der Waals surface area contributed by atoms with E-state index in [-0.39, 0.29) is 16.7 Å². The average Bonchev–Trinajstić information content (AvgIpc) is 2.18. The number of nitrogens with one attached hydrogen (secondary N) is 1. The minimum Gasteiger partial charge on any atom is -0.424 e. The molecule has 0 saturated carbocycles. The Bertz CT molecular complexity index is 667. The van der Waals surface area contributed by atoms with E-state index in [0.29, 0.717) is 0 Å². The van der Waals surface area contributed by atoms with Crippen LogP contribution in [0.4, 0.5) is 0 Å². The molecule has 0 radical (unpaired) electrons. The summed E-state index contributed by atoms with van der Waals surface area (Å²) in [6, 6.07) is 4.46. The molecular weight excluding hydrogens is 214 g/mol. The summed E-state index contributed by atoms with van der Waals surface area (Å²) < 4.78 is 9.19. The Morgan fingerprint density at radius 2 is 2.12 bits per heavy atom. The number of carbonyl (C=O) groups is 1. The molecule has 1 heterocycles. The maximum absolute atomic E-state index is 11.3. The van der Waals surface area contributed by atoms with E-state index in [0.717, 1.165) is 0 Å². The first-order valence-corrected chi connectivity index (χ1v) is 4.42. The van der Waals surface area contributed by atoms with Crippen LogP contribution >= 0.6 is 0 Å². The molecule has 0 aliphatic carbocycles. The second kappa shape index (κ2) is 3.65. The number of fused-ring (bicyclic) bond motifs is 1. The van der Waals surface area contributed by atoms with Crippen molar-refractivity contribution in [3.8, 4) is 5.75 Å². The van der Waals surface area contributed by atoms with Gasteiger partial charge in [0, 0.05) is 6.92 Å². The number of hydrogen-bond donors (Lipinski definition) is 1. The Kier molecular flexibility index (Phi) is 2.32. The number of benzene rings is 1. The topological polar surface area (TPSA) is 89.4 Å². The number of esters is 1. The van der Waals surface area contributed by atoms with Crippen molar-refractivity contribution >= 4 is 16.9 Å². The lowest BCUT2D eigenvalue weighted by atomic mass is 10.2. The molecular formula is C10H7NO5. The minimum absolute atomic E-state index is 0.120. The molecule has 1 aromatic carbocycles. The molecule has 1 N–H and O–H groups in total. The average molecular weight is 221 g/mol. The van der Waals surface area contributed by atoms with E-state index in [2.05, 4.69) is 9.40 Å². The summed E-state index contributed by atoms with van der Waals surface area (Å²) in [5.74, 6) is -1.31. The second-order valence-electron chi connectivity index (χ2n) is 3.07. The van der Waals surface area contributed by atoms with Crippen molar-refractivity contribution in [1.82, 2.24) is 4.98 Å². The maximum Gasteiger partial charge on any atom is 0.419 e. The Balaban J connectivity index is 2.81. The number of hydrogen-bond acceptors (Lipinski definition) is 5. The predicted octanol–water partition coefficient (Wildman–Crippen LogP) is 0.407. The van der Waals surface area contributed by atoms with Crippen molar-refractivity contribution in [2.45, 2.75) is 6.92 Å². The third-order valence-corrected chi connectivity index (χ3v) is 1.91. The second-order valence-corrected chi connectivity index (χ2v) is 3.07. The van der Waals surface area contributed by atoms with E-state index in [1.54, 1.807) is 0 Å². The van der Waals surface area contributed by atoms with Crippen molar-refractivity contribution in [2.75, 3.05) is 0 Å². The molecule has 0 spiro atoms. The Labute approximate surface area is 88.5 Å². The molecule has 1 aromatic heterocycles. The zero-order valence-corrected chi connectivity index (χ0v) is 8.27. The molecule has 6 heteroatoms. The number of H-pyrrole nitrogens is 1. The van der Waals surface area contributed by atoms with Crippen LogP contribution in [0, 0.1) is 0 Å². The molecule has 0 fully saturated rings. The zero-order chi connectivity index (χ0) is 11.7. The van der Waals surface area contributed by atoms with Crippen LogP contribution in [-0.2, 0) is 4.79 Å². The number of carbonyl (C=O) groups excluding carboxylic acids is 1. The van der Waals surface area contributed by atoms with E-state index in [1.807, 2.05) is 0 Å². The van der Waals surface area contributed by atoms with Crippen LogP contribution in [-0.4, -0.2) is 11.0 Å². The Morgan fingerprint density at radius 1 is 1.38 bits per heavy atom. The minimum atomic E-state index is -0.892. The van der Waals surface area contributed by atoms with E-state index < -0.39 is 17.4 Å². The van der Waals surface area contributed by atoms with Crippen LogP contribution in [0.15, 0.2) is 32.2 Å². The van der Waals surface area contributed by atoms with Gasteiger partial charge >= 0.3 is 17.4 Å². The van der Waals surface area contributed by atoms with Gasteiger partial charge in [-0.3, -0.25) is 9.78 Å². The van der Waals surface area contributed by atoms with Crippen molar-refractivity contribution < 1.29 is 13.9 Å². The Morgan fingerprint density at radius 3 is 2.81 bits per heavy atom. The lowest BCUT2D eigenvalue weighted by Gasteiger charge is -2.03. The first-order valence-electron chi connectivity index (χ1n) is 4.42. The number of ether oxygens (including phenoxy) is 1. The molecule has 2 rings (SSSR count). The van der Waals surface area contributed by atoms with E-state index in [4.69, 9.17) is 4.74 Å². The van der Waals surface area contributed by atoms with Gasteiger partial charge < -0.3 is 9.15 Å². The number of aromatic nitrogens is 1. The fourth-order valence-corrected chi connectivity index (χ4v) is 1.34. The lowest BCUT2D eigenvalue weighted by molar-refractivity contribution is -0.131. The summed E-state index contributed by atoms with van der Waals surface area (Å²) in [6.07, 6.45) is 0. The van der Waals surface area contributed by atoms with Gasteiger partial charge in [-0.2, -0.15) is 0 Å². The quantitative estimate of drug-likeness (QED) is 0.556. The molecule has 0 saturated heterocycles. The van der Waals surface area contributed by atoms with Gasteiger partial charge in [-0.15, -0.1) is 0 Å². The van der Waals surface area contributed by atoms with Crippen LogP contribution in [0.2, 0.25) is 0 Å². The smallest absolute Gasteiger partial charge is 0.419 e. The number of rotatable bonds is 1. The normalized spacial score (nSPS) is 10.3. The zero-order valence-electron chi connectivity index (χ0n) is 8.27. The monoisotopic (exact) mass is 221 g/mol. The van der Waals surface area contributed by atoms with Crippen LogP contribution < -0.4 is 16.1 Å². The van der Waals surface area contributed by atoms with Gasteiger partial charge in [0.15, 0.2) is 5.75 Å². The third kappa shape index (κ3) is 1.72. The van der Waals surface area contributed by atoms with Crippen molar-refractivity contribution in [3.05, 3.63) is 39.2 Å². The third-order valence-electron chi connectivity index (χ3n) is 1.91. The SMILES string of the molecule is CC(=O)Oc1cccc2c(=O)oc(=O)[nH]c12. The van der Waals surface area contributed by atoms with Crippen LogP contribution in [0.5, 0.6) is 5.75 Å². The van der Waals surface area contributed by atoms with E-state index >= 15 is 0 Å². The number of aromatic amines is 1. The molecule has 0 aliphatic heterocycles. The first-order chi connectivity index (χ1) is 7.58. The van der Waals surface area contributed by atoms with Gasteiger partial charge in [0.2, 0.25) is 0 Å². The maximum atomic E-state index is 11.3. The van der Waals surface area contributed by atoms with Crippen LogP contribution in [0.25, 0.3) is 10.9 Å². The van der Waals surface area contributed by atoms with Gasteiger partial charge in [-0.05, 0) is 12.1 Å². The fourth-order valence-electron chi connectivity index (χ4n) is 1.34. The molecule has 2 aromatic rings. The molecule has 0 atom stereocenters. The van der Waals surface area contributed by atoms with E-state index in [1.165, 1.54) is 25.1 Å². The largest absolute Gasteiger partial charge is 0.424 e. The highest BCUT2D eigenvalue weighted by Crippen LogP contribution is 2.19. The van der Waals surface area contributed by atoms with Gasteiger partial charge in [-0.25, -0.2) is 9.59 Å². The molecule has 16 heavy (non-hydrogen) atoms. The summed E-state index contributed by atoms with van der Waals surface area (Å²) >= 11 is 0. The van der Waals surface area contributed by atoms with E-state index in [9.17, 15) is 14.4 Å². The molecule has 0 amide bonds.